The molecule has 218 valence electrons. The Bertz CT molecular complexity index is 1350. The minimum atomic E-state index is -4.55. The monoisotopic (exact) mass is 591 g/mol. The Morgan fingerprint density at radius 1 is 1.17 bits per heavy atom. The Hall–Kier alpha value is -4.17. The number of pyridine rings is 1. The van der Waals surface area contributed by atoms with Crippen LogP contribution in [0.5, 0.6) is 0 Å². The molecule has 1 aliphatic rings. The zero-order chi connectivity index (χ0) is 30.0. The summed E-state index contributed by atoms with van der Waals surface area (Å²) in [4.78, 5) is 27.0. The lowest BCUT2D eigenvalue weighted by molar-refractivity contribution is -0.137. The highest BCUT2D eigenvalue weighted by Gasteiger charge is 2.31. The SMILES string of the molecule is C=CS/C(=C\C)c1cc(Nc2ccc(C(=O)NNC(=NC)/N=C(\C(=C)F)N3CCOCC3)nc2)cc(C(F)(F)F)c1. The number of hydrazine groups is 1. The van der Waals surface area contributed by atoms with Crippen molar-refractivity contribution in [3.63, 3.8) is 0 Å². The zero-order valence-corrected chi connectivity index (χ0v) is 23.2. The van der Waals surface area contributed by atoms with Crippen LogP contribution in [0.4, 0.5) is 28.9 Å². The number of alkyl halides is 3. The summed E-state index contributed by atoms with van der Waals surface area (Å²) in [5, 5.41) is 4.44. The minimum Gasteiger partial charge on any atom is -0.378 e. The van der Waals surface area contributed by atoms with Crippen molar-refractivity contribution in [2.24, 2.45) is 9.98 Å². The number of ether oxygens (including phenoxy) is 1. The first-order chi connectivity index (χ1) is 19.5. The number of nitrogens with one attached hydrogen (secondary N) is 3. The van der Waals surface area contributed by atoms with Crippen molar-refractivity contribution in [3.8, 4) is 0 Å². The highest BCUT2D eigenvalue weighted by atomic mass is 32.2. The molecule has 14 heteroatoms. The van der Waals surface area contributed by atoms with Crippen molar-refractivity contribution in [1.82, 2.24) is 20.7 Å². The van der Waals surface area contributed by atoms with E-state index in [1.807, 2.05) is 0 Å². The summed E-state index contributed by atoms with van der Waals surface area (Å²) in [5.41, 5.74) is 4.99. The van der Waals surface area contributed by atoms with Crippen molar-refractivity contribution >= 4 is 45.7 Å². The Balaban J connectivity index is 1.71. The van der Waals surface area contributed by atoms with E-state index in [1.54, 1.807) is 24.0 Å². The summed E-state index contributed by atoms with van der Waals surface area (Å²) in [6.07, 6.45) is -1.55. The number of carbonyl (C=O) groups is 1. The molecule has 1 aliphatic heterocycles. The molecule has 3 N–H and O–H groups in total. The quantitative estimate of drug-likeness (QED) is 0.169. The Morgan fingerprint density at radius 2 is 1.90 bits per heavy atom. The molecule has 2 heterocycles. The van der Waals surface area contributed by atoms with E-state index < -0.39 is 23.5 Å². The molecule has 3 rings (SSSR count). The van der Waals surface area contributed by atoms with E-state index in [4.69, 9.17) is 4.74 Å². The first-order valence-corrected chi connectivity index (χ1v) is 13.1. The summed E-state index contributed by atoms with van der Waals surface area (Å²) >= 11 is 1.21. The number of hydrogen-bond acceptors (Lipinski definition) is 6. The van der Waals surface area contributed by atoms with E-state index in [0.717, 1.165) is 12.1 Å². The number of carbonyl (C=O) groups excluding carboxylic acids is 1. The number of amides is 1. The van der Waals surface area contributed by atoms with Crippen molar-refractivity contribution in [2.75, 3.05) is 38.7 Å². The van der Waals surface area contributed by atoms with Crippen LogP contribution in [0.3, 0.4) is 0 Å². The third-order valence-corrected chi connectivity index (χ3v) is 6.46. The number of aliphatic imine (C=N–C) groups is 2. The molecule has 1 aromatic carbocycles. The number of thioether (sulfide) groups is 1. The summed E-state index contributed by atoms with van der Waals surface area (Å²) in [6, 6.07) is 6.51. The van der Waals surface area contributed by atoms with E-state index in [1.165, 1.54) is 42.5 Å². The lowest BCUT2D eigenvalue weighted by Crippen LogP contribution is -2.44. The molecule has 2 aromatic rings. The number of benzene rings is 1. The van der Waals surface area contributed by atoms with E-state index in [0.29, 0.717) is 42.5 Å². The molecule has 0 unspecified atom stereocenters. The van der Waals surface area contributed by atoms with Gasteiger partial charge >= 0.3 is 6.18 Å². The summed E-state index contributed by atoms with van der Waals surface area (Å²) in [5.74, 6) is -1.53. The number of morpholine rings is 1. The van der Waals surface area contributed by atoms with Crippen LogP contribution in [0.2, 0.25) is 0 Å². The van der Waals surface area contributed by atoms with Gasteiger partial charge in [0, 0.05) is 30.7 Å². The van der Waals surface area contributed by atoms with Crippen LogP contribution in [0.25, 0.3) is 4.91 Å². The van der Waals surface area contributed by atoms with Gasteiger partial charge in [0.25, 0.3) is 5.91 Å². The van der Waals surface area contributed by atoms with Gasteiger partial charge in [-0.05, 0) is 48.2 Å². The van der Waals surface area contributed by atoms with Crippen molar-refractivity contribution in [3.05, 3.63) is 83.8 Å². The van der Waals surface area contributed by atoms with Crippen LogP contribution in [0, 0.1) is 0 Å². The highest BCUT2D eigenvalue weighted by Crippen LogP contribution is 2.37. The average Bonchev–Trinajstić information content (AvgIpc) is 2.96. The number of hydrogen-bond donors (Lipinski definition) is 3. The summed E-state index contributed by atoms with van der Waals surface area (Å²) < 4.78 is 60.0. The van der Waals surface area contributed by atoms with Crippen LogP contribution in [-0.4, -0.2) is 60.9 Å². The molecule has 1 aromatic heterocycles. The number of guanidine groups is 1. The second kappa shape index (κ2) is 14.5. The van der Waals surface area contributed by atoms with Crippen molar-refractivity contribution < 1.29 is 27.1 Å². The summed E-state index contributed by atoms with van der Waals surface area (Å²) in [6.45, 7) is 10.3. The van der Waals surface area contributed by atoms with E-state index in [2.05, 4.69) is 44.3 Å². The van der Waals surface area contributed by atoms with Crippen LogP contribution < -0.4 is 16.2 Å². The maximum Gasteiger partial charge on any atom is 0.416 e. The fourth-order valence-corrected chi connectivity index (χ4v) is 4.23. The average molecular weight is 592 g/mol. The molecule has 1 saturated heterocycles. The van der Waals surface area contributed by atoms with Crippen molar-refractivity contribution in [2.45, 2.75) is 13.1 Å². The number of amidine groups is 1. The molecule has 1 fully saturated rings. The maximum atomic E-state index is 14.0. The van der Waals surface area contributed by atoms with Crippen LogP contribution in [-0.2, 0) is 10.9 Å². The molecule has 0 bridgehead atoms. The molecular formula is C27H29F4N7O2S. The summed E-state index contributed by atoms with van der Waals surface area (Å²) in [7, 11) is 1.41. The number of allylic oxidation sites excluding steroid dienone is 1. The van der Waals surface area contributed by atoms with E-state index in [-0.39, 0.29) is 23.2 Å². The van der Waals surface area contributed by atoms with Gasteiger partial charge in [-0.3, -0.25) is 20.6 Å². The largest absolute Gasteiger partial charge is 0.416 e. The Morgan fingerprint density at radius 3 is 2.46 bits per heavy atom. The molecule has 0 aliphatic carbocycles. The smallest absolute Gasteiger partial charge is 0.378 e. The number of nitrogens with zero attached hydrogens (tertiary/aromatic N) is 4. The van der Waals surface area contributed by atoms with E-state index >= 15 is 0 Å². The van der Waals surface area contributed by atoms with Gasteiger partial charge in [0.15, 0.2) is 11.7 Å². The molecule has 0 saturated carbocycles. The third kappa shape index (κ3) is 8.91. The Labute approximate surface area is 239 Å². The minimum absolute atomic E-state index is 0.00546. The van der Waals surface area contributed by atoms with Crippen molar-refractivity contribution in [1.29, 1.82) is 0 Å². The number of anilines is 2. The van der Waals surface area contributed by atoms with Gasteiger partial charge < -0.3 is 15.0 Å². The lowest BCUT2D eigenvalue weighted by atomic mass is 10.1. The van der Waals surface area contributed by atoms with Gasteiger partial charge in [-0.2, -0.15) is 18.2 Å². The third-order valence-electron chi connectivity index (χ3n) is 5.57. The highest BCUT2D eigenvalue weighted by molar-refractivity contribution is 8.10. The zero-order valence-electron chi connectivity index (χ0n) is 22.4. The van der Waals surface area contributed by atoms with Gasteiger partial charge in [0.1, 0.15) is 5.69 Å². The molecule has 41 heavy (non-hydrogen) atoms. The normalized spacial score (nSPS) is 14.9. The standard InChI is InChI=1S/C27H29F4N7O2S/c1-5-23(41-6-2)18-13-19(27(29,30)31)15-21(14-18)34-20-7-8-22(33-16-20)25(39)36-37-26(32-4)35-24(17(3)28)38-9-11-40-12-10-38/h5-8,13-16,34H,2-3,9-12H2,1,4H3,(H,32,37)(H,36,39)/b23-5-,35-24+. The molecule has 0 radical (unpaired) electrons. The molecule has 0 atom stereocenters. The van der Waals surface area contributed by atoms with Gasteiger partial charge in [0.2, 0.25) is 5.96 Å². The van der Waals surface area contributed by atoms with Gasteiger partial charge in [-0.15, -0.1) is 0 Å². The first kappa shape index (κ1) is 31.4. The van der Waals surface area contributed by atoms with Crippen LogP contribution >= 0.6 is 11.8 Å². The second-order valence-electron chi connectivity index (χ2n) is 8.36. The van der Waals surface area contributed by atoms with Gasteiger partial charge in [0.05, 0.1) is 30.7 Å². The fraction of sp³-hybridized carbons (Fsp3) is 0.259. The number of halogens is 4. The second-order valence-corrected chi connectivity index (χ2v) is 9.37. The van der Waals surface area contributed by atoms with Crippen LogP contribution in [0.15, 0.2) is 77.0 Å². The lowest BCUT2D eigenvalue weighted by Gasteiger charge is -2.29. The van der Waals surface area contributed by atoms with Crippen LogP contribution in [0.1, 0.15) is 28.5 Å². The fourth-order valence-electron chi connectivity index (χ4n) is 3.66. The molecule has 0 spiro atoms. The topological polar surface area (TPSA) is 103 Å². The Kier molecular flexibility index (Phi) is 11.1. The predicted octanol–water partition coefficient (Wildman–Crippen LogP) is 5.52. The molecule has 9 nitrogen and oxygen atoms in total. The number of rotatable bonds is 7. The molecular weight excluding hydrogens is 562 g/mol. The number of aromatic nitrogens is 1. The van der Waals surface area contributed by atoms with E-state index in [9.17, 15) is 22.4 Å². The maximum absolute atomic E-state index is 14.0. The molecule has 1 amide bonds. The predicted molar refractivity (Wildman–Crippen MR) is 154 cm³/mol. The van der Waals surface area contributed by atoms with Gasteiger partial charge in [-0.1, -0.05) is 31.0 Å². The first-order valence-electron chi connectivity index (χ1n) is 12.2. The van der Waals surface area contributed by atoms with Gasteiger partial charge in [-0.25, -0.2) is 9.37 Å².